The number of carbonyl (C=O) groups excluding carboxylic acids is 1. The normalized spacial score (nSPS) is 18.5. The van der Waals surface area contributed by atoms with Crippen LogP contribution in [0.4, 0.5) is 5.69 Å². The van der Waals surface area contributed by atoms with Crippen LogP contribution in [0.3, 0.4) is 0 Å². The highest BCUT2D eigenvalue weighted by Gasteiger charge is 2.20. The second-order valence-corrected chi connectivity index (χ2v) is 5.24. The van der Waals surface area contributed by atoms with Crippen LogP contribution < -0.4 is 15.8 Å². The molecule has 0 saturated carbocycles. The molecule has 1 heterocycles. The SMILES string of the molecule is COc1ccc(C)cc1NC(=O)CN1CCC=CC1CN. The molecular formula is C16H23N3O2. The number of ether oxygens (including phenoxy) is 1. The zero-order valence-corrected chi connectivity index (χ0v) is 12.6. The summed E-state index contributed by atoms with van der Waals surface area (Å²) in [6.07, 6.45) is 5.15. The Labute approximate surface area is 125 Å². The molecule has 1 aliphatic heterocycles. The third kappa shape index (κ3) is 4.06. The third-order valence-electron chi connectivity index (χ3n) is 3.63. The van der Waals surface area contributed by atoms with Gasteiger partial charge in [-0.05, 0) is 31.0 Å². The molecule has 0 radical (unpaired) electrons. The summed E-state index contributed by atoms with van der Waals surface area (Å²) in [5.74, 6) is 0.621. The van der Waals surface area contributed by atoms with Crippen molar-refractivity contribution < 1.29 is 9.53 Å². The molecule has 3 N–H and O–H groups in total. The number of methoxy groups -OCH3 is 1. The van der Waals surface area contributed by atoms with Crippen LogP contribution in [0, 0.1) is 6.92 Å². The van der Waals surface area contributed by atoms with E-state index in [1.54, 1.807) is 7.11 Å². The van der Waals surface area contributed by atoms with Crippen molar-refractivity contribution in [1.82, 2.24) is 4.90 Å². The molecule has 0 aliphatic carbocycles. The molecule has 1 amide bonds. The summed E-state index contributed by atoms with van der Waals surface area (Å²) in [6, 6.07) is 5.86. The topological polar surface area (TPSA) is 67.6 Å². The highest BCUT2D eigenvalue weighted by molar-refractivity contribution is 5.93. The average Bonchev–Trinajstić information content (AvgIpc) is 2.48. The largest absolute Gasteiger partial charge is 0.495 e. The van der Waals surface area contributed by atoms with Gasteiger partial charge in [0, 0.05) is 19.1 Å². The Bertz CT molecular complexity index is 528. The Morgan fingerprint density at radius 2 is 2.33 bits per heavy atom. The number of nitrogens with one attached hydrogen (secondary N) is 1. The van der Waals surface area contributed by atoms with Crippen molar-refractivity contribution in [2.45, 2.75) is 19.4 Å². The summed E-state index contributed by atoms with van der Waals surface area (Å²) in [6.45, 7) is 3.70. The molecule has 0 aromatic heterocycles. The van der Waals surface area contributed by atoms with Gasteiger partial charge in [-0.1, -0.05) is 18.2 Å². The maximum absolute atomic E-state index is 12.2. The van der Waals surface area contributed by atoms with Gasteiger partial charge in [-0.2, -0.15) is 0 Å². The van der Waals surface area contributed by atoms with Gasteiger partial charge in [0.15, 0.2) is 0 Å². The number of aryl methyl sites for hydroxylation is 1. The number of benzene rings is 1. The summed E-state index contributed by atoms with van der Waals surface area (Å²) in [5, 5.41) is 2.92. The second-order valence-electron chi connectivity index (χ2n) is 5.24. The maximum atomic E-state index is 12.2. The monoisotopic (exact) mass is 289 g/mol. The van der Waals surface area contributed by atoms with Gasteiger partial charge in [-0.3, -0.25) is 9.69 Å². The molecule has 5 nitrogen and oxygen atoms in total. The van der Waals surface area contributed by atoms with Crippen LogP contribution in [0.25, 0.3) is 0 Å². The van der Waals surface area contributed by atoms with E-state index in [0.29, 0.717) is 24.5 Å². The highest BCUT2D eigenvalue weighted by Crippen LogP contribution is 2.25. The van der Waals surface area contributed by atoms with Crippen LogP contribution in [-0.2, 0) is 4.79 Å². The van der Waals surface area contributed by atoms with E-state index in [9.17, 15) is 4.79 Å². The lowest BCUT2D eigenvalue weighted by atomic mass is 10.1. The fourth-order valence-electron chi connectivity index (χ4n) is 2.50. The van der Waals surface area contributed by atoms with Gasteiger partial charge in [0.2, 0.25) is 5.91 Å². The van der Waals surface area contributed by atoms with Gasteiger partial charge >= 0.3 is 0 Å². The first-order valence-electron chi connectivity index (χ1n) is 7.19. The van der Waals surface area contributed by atoms with E-state index in [4.69, 9.17) is 10.5 Å². The molecule has 2 rings (SSSR count). The fourth-order valence-corrected chi connectivity index (χ4v) is 2.50. The van der Waals surface area contributed by atoms with Crippen molar-refractivity contribution in [3.8, 4) is 5.75 Å². The number of amides is 1. The summed E-state index contributed by atoms with van der Waals surface area (Å²) in [4.78, 5) is 14.3. The van der Waals surface area contributed by atoms with Crippen molar-refractivity contribution in [2.24, 2.45) is 5.73 Å². The summed E-state index contributed by atoms with van der Waals surface area (Å²) in [7, 11) is 1.60. The lowest BCUT2D eigenvalue weighted by Gasteiger charge is -2.30. The van der Waals surface area contributed by atoms with Gasteiger partial charge < -0.3 is 15.8 Å². The first-order chi connectivity index (χ1) is 10.1. The maximum Gasteiger partial charge on any atom is 0.238 e. The summed E-state index contributed by atoms with van der Waals surface area (Å²) in [5.41, 5.74) is 7.53. The molecule has 0 bridgehead atoms. The Morgan fingerprint density at radius 3 is 3.05 bits per heavy atom. The van der Waals surface area contributed by atoms with Gasteiger partial charge in [0.1, 0.15) is 5.75 Å². The van der Waals surface area contributed by atoms with Gasteiger partial charge in [-0.15, -0.1) is 0 Å². The van der Waals surface area contributed by atoms with Gasteiger partial charge in [-0.25, -0.2) is 0 Å². The van der Waals surface area contributed by atoms with Crippen LogP contribution in [-0.4, -0.2) is 43.6 Å². The minimum Gasteiger partial charge on any atom is -0.495 e. The molecule has 1 atom stereocenters. The van der Waals surface area contributed by atoms with Crippen molar-refractivity contribution in [1.29, 1.82) is 0 Å². The number of nitrogens with zero attached hydrogens (tertiary/aromatic N) is 1. The van der Waals surface area contributed by atoms with E-state index >= 15 is 0 Å². The fraction of sp³-hybridized carbons (Fsp3) is 0.438. The van der Waals surface area contributed by atoms with Crippen LogP contribution in [0.5, 0.6) is 5.75 Å². The van der Waals surface area contributed by atoms with Crippen molar-refractivity contribution in [3.63, 3.8) is 0 Å². The van der Waals surface area contributed by atoms with Crippen molar-refractivity contribution >= 4 is 11.6 Å². The molecule has 5 heteroatoms. The van der Waals surface area contributed by atoms with E-state index in [1.807, 2.05) is 25.1 Å². The predicted molar refractivity (Wildman–Crippen MR) is 84.5 cm³/mol. The van der Waals surface area contributed by atoms with Gasteiger partial charge in [0.25, 0.3) is 0 Å². The number of rotatable bonds is 5. The highest BCUT2D eigenvalue weighted by atomic mass is 16.5. The van der Waals surface area contributed by atoms with Crippen LogP contribution in [0.15, 0.2) is 30.4 Å². The van der Waals surface area contributed by atoms with E-state index in [-0.39, 0.29) is 11.9 Å². The Morgan fingerprint density at radius 1 is 1.52 bits per heavy atom. The van der Waals surface area contributed by atoms with Crippen molar-refractivity contribution in [3.05, 3.63) is 35.9 Å². The first kappa shape index (κ1) is 15.5. The third-order valence-corrected chi connectivity index (χ3v) is 3.63. The van der Waals surface area contributed by atoms with E-state index in [0.717, 1.165) is 18.5 Å². The van der Waals surface area contributed by atoms with E-state index < -0.39 is 0 Å². The Balaban J connectivity index is 2.01. The molecule has 0 fully saturated rings. The first-order valence-corrected chi connectivity index (χ1v) is 7.19. The number of nitrogens with two attached hydrogens (primary N) is 1. The Hall–Kier alpha value is -1.85. The smallest absolute Gasteiger partial charge is 0.238 e. The standard InChI is InChI=1S/C16H23N3O2/c1-12-6-7-15(21-2)14(9-12)18-16(20)11-19-8-4-3-5-13(19)10-17/h3,5-7,9,13H,4,8,10-11,17H2,1-2H3,(H,18,20). The molecule has 1 aliphatic rings. The van der Waals surface area contributed by atoms with E-state index in [2.05, 4.69) is 22.4 Å². The average molecular weight is 289 g/mol. The molecule has 21 heavy (non-hydrogen) atoms. The number of anilines is 1. The minimum atomic E-state index is -0.0485. The second kappa shape index (κ2) is 7.24. The molecule has 1 unspecified atom stereocenters. The molecule has 0 saturated heterocycles. The molecule has 1 aromatic rings. The molecule has 1 aromatic carbocycles. The lowest BCUT2D eigenvalue weighted by molar-refractivity contribution is -0.117. The van der Waals surface area contributed by atoms with Crippen LogP contribution in [0.1, 0.15) is 12.0 Å². The summed E-state index contributed by atoms with van der Waals surface area (Å²) >= 11 is 0. The van der Waals surface area contributed by atoms with Crippen LogP contribution in [0.2, 0.25) is 0 Å². The van der Waals surface area contributed by atoms with Gasteiger partial charge in [0.05, 0.1) is 19.3 Å². The molecular weight excluding hydrogens is 266 g/mol. The quantitative estimate of drug-likeness (QED) is 0.807. The zero-order valence-electron chi connectivity index (χ0n) is 12.6. The zero-order chi connectivity index (χ0) is 15.2. The molecule has 0 spiro atoms. The Kier molecular flexibility index (Phi) is 5.36. The van der Waals surface area contributed by atoms with E-state index in [1.165, 1.54) is 0 Å². The summed E-state index contributed by atoms with van der Waals surface area (Å²) < 4.78 is 5.27. The lowest BCUT2D eigenvalue weighted by Crippen LogP contribution is -2.45. The molecule has 114 valence electrons. The number of carbonyl (C=O) groups is 1. The number of hydrogen-bond acceptors (Lipinski definition) is 4. The minimum absolute atomic E-state index is 0.0485. The van der Waals surface area contributed by atoms with Crippen LogP contribution >= 0.6 is 0 Å². The predicted octanol–water partition coefficient (Wildman–Crippen LogP) is 1.53. The van der Waals surface area contributed by atoms with Crippen molar-refractivity contribution in [2.75, 3.05) is 32.1 Å². The number of hydrogen-bond donors (Lipinski definition) is 2.